The zero-order chi connectivity index (χ0) is 20.1. The molecular formula is C23H22N6O. The fraction of sp³-hybridized carbons (Fsp3) is 0.304. The van der Waals surface area contributed by atoms with Gasteiger partial charge >= 0.3 is 0 Å². The number of hydrogen-bond donors (Lipinski definition) is 1. The van der Waals surface area contributed by atoms with Crippen molar-refractivity contribution in [1.29, 1.82) is 0 Å². The lowest BCUT2D eigenvalue weighted by Gasteiger charge is -2.28. The Bertz CT molecular complexity index is 1240. The number of carbonyl (C=O) groups excluding carboxylic acids is 1. The summed E-state index contributed by atoms with van der Waals surface area (Å²) < 4.78 is 2.20. The Morgan fingerprint density at radius 3 is 2.77 bits per heavy atom. The molecule has 1 amide bonds. The van der Waals surface area contributed by atoms with Gasteiger partial charge in [0.15, 0.2) is 5.82 Å². The molecule has 0 atom stereocenters. The lowest BCUT2D eigenvalue weighted by Crippen LogP contribution is -2.38. The molecule has 1 fully saturated rings. The van der Waals surface area contributed by atoms with E-state index in [4.69, 9.17) is 0 Å². The van der Waals surface area contributed by atoms with E-state index in [1.54, 1.807) is 0 Å². The van der Waals surface area contributed by atoms with Gasteiger partial charge in [-0.2, -0.15) is 0 Å². The number of aromatic nitrogens is 5. The molecule has 1 aliphatic heterocycles. The van der Waals surface area contributed by atoms with E-state index in [1.165, 1.54) is 18.4 Å². The molecule has 2 aromatic carbocycles. The number of nitrogens with zero attached hydrogens (tertiary/aromatic N) is 5. The number of carbonyl (C=O) groups is 1. The van der Waals surface area contributed by atoms with E-state index in [9.17, 15) is 4.79 Å². The lowest BCUT2D eigenvalue weighted by molar-refractivity contribution is 0.0706. The van der Waals surface area contributed by atoms with Crippen LogP contribution in [-0.2, 0) is 19.5 Å². The molecule has 1 saturated carbocycles. The molecular weight excluding hydrogens is 376 g/mol. The highest BCUT2D eigenvalue weighted by Crippen LogP contribution is 2.39. The predicted octanol–water partition coefficient (Wildman–Crippen LogP) is 3.28. The number of imidazole rings is 1. The van der Waals surface area contributed by atoms with E-state index in [1.807, 2.05) is 41.3 Å². The molecule has 0 bridgehead atoms. The summed E-state index contributed by atoms with van der Waals surface area (Å²) in [5.74, 6) is 3.49. The average Bonchev–Trinajstić information content (AvgIpc) is 3.40. The van der Waals surface area contributed by atoms with Crippen LogP contribution in [0.3, 0.4) is 0 Å². The second-order valence-electron chi connectivity index (χ2n) is 8.20. The van der Waals surface area contributed by atoms with Crippen LogP contribution in [0.2, 0.25) is 0 Å². The van der Waals surface area contributed by atoms with Crippen LogP contribution in [0.1, 0.15) is 52.2 Å². The van der Waals surface area contributed by atoms with E-state index in [2.05, 4.69) is 36.9 Å². The maximum absolute atomic E-state index is 13.1. The fourth-order valence-corrected chi connectivity index (χ4v) is 4.25. The van der Waals surface area contributed by atoms with E-state index >= 15 is 0 Å². The number of aromatic amines is 1. The first-order chi connectivity index (χ1) is 14.7. The third-order valence-corrected chi connectivity index (χ3v) is 6.00. The van der Waals surface area contributed by atoms with Gasteiger partial charge in [0.05, 0.1) is 17.6 Å². The largest absolute Gasteiger partial charge is 0.342 e. The van der Waals surface area contributed by atoms with Crippen molar-refractivity contribution in [2.24, 2.45) is 0 Å². The van der Waals surface area contributed by atoms with Crippen molar-refractivity contribution in [3.63, 3.8) is 0 Å². The van der Waals surface area contributed by atoms with Gasteiger partial charge in [-0.25, -0.2) is 4.98 Å². The molecule has 7 nitrogen and oxygen atoms in total. The van der Waals surface area contributed by atoms with Crippen LogP contribution in [-0.4, -0.2) is 42.1 Å². The molecule has 2 aliphatic rings. The first kappa shape index (κ1) is 17.4. The van der Waals surface area contributed by atoms with Gasteiger partial charge in [-0.1, -0.05) is 30.3 Å². The molecule has 2 aromatic heterocycles. The maximum atomic E-state index is 13.1. The van der Waals surface area contributed by atoms with Crippen molar-refractivity contribution >= 4 is 16.9 Å². The number of benzene rings is 2. The number of fused-ring (bicyclic) bond motifs is 2. The number of rotatable bonds is 4. The second kappa shape index (κ2) is 6.79. The highest BCUT2D eigenvalue weighted by Gasteiger charge is 2.33. The van der Waals surface area contributed by atoms with Crippen LogP contribution in [0.25, 0.3) is 11.0 Å². The minimum atomic E-state index is 0.0262. The Morgan fingerprint density at radius 2 is 1.93 bits per heavy atom. The predicted molar refractivity (Wildman–Crippen MR) is 112 cm³/mol. The minimum absolute atomic E-state index is 0.0262. The van der Waals surface area contributed by atoms with Gasteiger partial charge in [-0.3, -0.25) is 4.79 Å². The normalized spacial score (nSPS) is 16.1. The van der Waals surface area contributed by atoms with Crippen molar-refractivity contribution in [2.75, 3.05) is 6.54 Å². The minimum Gasteiger partial charge on any atom is -0.342 e. The van der Waals surface area contributed by atoms with Crippen LogP contribution >= 0.6 is 0 Å². The van der Waals surface area contributed by atoms with Crippen molar-refractivity contribution in [3.8, 4) is 0 Å². The Hall–Kier alpha value is -3.48. The van der Waals surface area contributed by atoms with Crippen LogP contribution in [0, 0.1) is 0 Å². The van der Waals surface area contributed by atoms with Crippen molar-refractivity contribution in [3.05, 3.63) is 77.1 Å². The van der Waals surface area contributed by atoms with Crippen LogP contribution in [0.15, 0.2) is 48.5 Å². The molecule has 1 N–H and O–H groups in total. The molecule has 3 heterocycles. The number of hydrogen-bond acceptors (Lipinski definition) is 4. The van der Waals surface area contributed by atoms with Crippen molar-refractivity contribution < 1.29 is 4.79 Å². The third-order valence-electron chi connectivity index (χ3n) is 6.00. The topological polar surface area (TPSA) is 79.7 Å². The van der Waals surface area contributed by atoms with E-state index in [0.29, 0.717) is 24.6 Å². The standard InChI is InChI=1S/C23H22N6O/c30-23(28-10-11-29-21(14-28)26-27-22(29)16-6-7-16)17-8-9-18-19(13-17)25-20(24-18)12-15-4-2-1-3-5-15/h1-5,8-9,13,16H,6-7,10-12,14H2,(H,24,25). The van der Waals surface area contributed by atoms with Gasteiger partial charge < -0.3 is 14.5 Å². The van der Waals surface area contributed by atoms with Gasteiger partial charge in [-0.05, 0) is 36.6 Å². The zero-order valence-electron chi connectivity index (χ0n) is 16.6. The fourth-order valence-electron chi connectivity index (χ4n) is 4.25. The van der Waals surface area contributed by atoms with Gasteiger partial charge in [0.1, 0.15) is 11.6 Å². The molecule has 1 aliphatic carbocycles. The van der Waals surface area contributed by atoms with Gasteiger partial charge in [0.25, 0.3) is 5.91 Å². The third kappa shape index (κ3) is 3.07. The Kier molecular flexibility index (Phi) is 3.94. The zero-order valence-corrected chi connectivity index (χ0v) is 16.6. The quantitative estimate of drug-likeness (QED) is 0.572. The molecule has 0 unspecified atom stereocenters. The van der Waals surface area contributed by atoms with Crippen LogP contribution in [0.4, 0.5) is 0 Å². The summed E-state index contributed by atoms with van der Waals surface area (Å²) in [6.07, 6.45) is 3.15. The summed E-state index contributed by atoms with van der Waals surface area (Å²) in [5.41, 5.74) is 3.65. The maximum Gasteiger partial charge on any atom is 0.254 e. The van der Waals surface area contributed by atoms with Crippen LogP contribution < -0.4 is 0 Å². The first-order valence-corrected chi connectivity index (χ1v) is 10.5. The monoisotopic (exact) mass is 398 g/mol. The summed E-state index contributed by atoms with van der Waals surface area (Å²) in [4.78, 5) is 23.0. The molecule has 4 aromatic rings. The summed E-state index contributed by atoms with van der Waals surface area (Å²) in [6.45, 7) is 1.97. The molecule has 150 valence electrons. The van der Waals surface area contributed by atoms with Crippen molar-refractivity contribution in [1.82, 2.24) is 29.6 Å². The SMILES string of the molecule is O=C(c1ccc2nc(Cc3ccccc3)[nH]c2c1)N1CCn2c(nnc2C2CC2)C1. The molecule has 0 spiro atoms. The molecule has 0 saturated heterocycles. The smallest absolute Gasteiger partial charge is 0.254 e. The Labute approximate surface area is 173 Å². The van der Waals surface area contributed by atoms with E-state index in [-0.39, 0.29) is 5.91 Å². The Morgan fingerprint density at radius 1 is 1.07 bits per heavy atom. The summed E-state index contributed by atoms with van der Waals surface area (Å²) in [7, 11) is 0. The summed E-state index contributed by atoms with van der Waals surface area (Å²) in [6, 6.07) is 15.9. The summed E-state index contributed by atoms with van der Waals surface area (Å²) in [5, 5.41) is 8.71. The molecule has 0 radical (unpaired) electrons. The van der Waals surface area contributed by atoms with Crippen molar-refractivity contribution in [2.45, 2.75) is 38.3 Å². The van der Waals surface area contributed by atoms with Gasteiger partial charge in [-0.15, -0.1) is 10.2 Å². The second-order valence-corrected chi connectivity index (χ2v) is 8.20. The lowest BCUT2D eigenvalue weighted by atomic mass is 10.1. The molecule has 6 rings (SSSR count). The average molecular weight is 398 g/mol. The highest BCUT2D eigenvalue weighted by molar-refractivity contribution is 5.97. The van der Waals surface area contributed by atoms with Gasteiger partial charge in [0, 0.05) is 31.0 Å². The summed E-state index contributed by atoms with van der Waals surface area (Å²) >= 11 is 0. The molecule has 30 heavy (non-hydrogen) atoms. The van der Waals surface area contributed by atoms with Crippen LogP contribution in [0.5, 0.6) is 0 Å². The number of H-pyrrole nitrogens is 1. The highest BCUT2D eigenvalue weighted by atomic mass is 16.2. The number of nitrogens with one attached hydrogen (secondary N) is 1. The van der Waals surface area contributed by atoms with E-state index in [0.717, 1.165) is 41.5 Å². The Balaban J connectivity index is 1.22. The first-order valence-electron chi connectivity index (χ1n) is 10.5. The van der Waals surface area contributed by atoms with Gasteiger partial charge in [0.2, 0.25) is 0 Å². The number of amides is 1. The molecule has 7 heteroatoms. The van der Waals surface area contributed by atoms with E-state index < -0.39 is 0 Å².